The van der Waals surface area contributed by atoms with Gasteiger partial charge in [-0.2, -0.15) is 8.42 Å². The predicted octanol–water partition coefficient (Wildman–Crippen LogP) is 0.812. The van der Waals surface area contributed by atoms with Crippen molar-refractivity contribution in [2.75, 3.05) is 40.2 Å². The van der Waals surface area contributed by atoms with Crippen molar-refractivity contribution < 1.29 is 36.7 Å². The minimum absolute atomic E-state index is 0.127. The summed E-state index contributed by atoms with van der Waals surface area (Å²) in [6, 6.07) is 0. The first kappa shape index (κ1) is 19.8. The molecule has 1 aliphatic carbocycles. The van der Waals surface area contributed by atoms with Crippen molar-refractivity contribution in [1.82, 2.24) is 0 Å². The van der Waals surface area contributed by atoms with Crippen LogP contribution in [0.4, 0.5) is 0 Å². The number of hydrogen-bond acceptors (Lipinski definition) is 7. The van der Waals surface area contributed by atoms with Gasteiger partial charge in [0.05, 0.1) is 18.0 Å². The average molecular weight is 342 g/mol. The van der Waals surface area contributed by atoms with Crippen molar-refractivity contribution in [2.24, 2.45) is 0 Å². The summed E-state index contributed by atoms with van der Waals surface area (Å²) in [5, 5.41) is 0. The Labute approximate surface area is 131 Å². The molecule has 0 aromatic rings. The molecule has 0 saturated heterocycles. The molecule has 1 saturated carbocycles. The minimum atomic E-state index is -3.95. The van der Waals surface area contributed by atoms with Crippen LogP contribution in [0.5, 0.6) is 0 Å². The number of ether oxygens (including phenoxy) is 5. The average Bonchev–Trinajstić information content (AvgIpc) is 2.47. The summed E-state index contributed by atoms with van der Waals surface area (Å²) in [7, 11) is -0.860. The smallest absolute Gasteiger partial charge is 0.264 e. The van der Waals surface area contributed by atoms with Crippen LogP contribution < -0.4 is 0 Å². The molecule has 0 amide bonds. The molecule has 1 rings (SSSR count). The van der Waals surface area contributed by atoms with Gasteiger partial charge in [0, 0.05) is 20.8 Å². The third-order valence-electron chi connectivity index (χ3n) is 3.37. The fraction of sp³-hybridized carbons (Fsp3) is 1.00. The summed E-state index contributed by atoms with van der Waals surface area (Å²) in [4.78, 5) is 0. The maximum atomic E-state index is 10.7. The van der Waals surface area contributed by atoms with Crippen LogP contribution in [0.3, 0.4) is 0 Å². The van der Waals surface area contributed by atoms with Crippen LogP contribution in [0.1, 0.15) is 25.7 Å². The monoisotopic (exact) mass is 342 g/mol. The van der Waals surface area contributed by atoms with E-state index < -0.39 is 10.1 Å². The zero-order chi connectivity index (χ0) is 16.4. The Bertz CT molecular complexity index is 386. The molecule has 0 aliphatic heterocycles. The third-order valence-corrected chi connectivity index (χ3v) is 4.17. The molecule has 1 N–H and O–H groups in total. The van der Waals surface area contributed by atoms with Crippen molar-refractivity contribution in [3.8, 4) is 0 Å². The van der Waals surface area contributed by atoms with Gasteiger partial charge in [-0.3, -0.25) is 4.55 Å². The largest absolute Gasteiger partial charge is 0.375 e. The van der Waals surface area contributed by atoms with Gasteiger partial charge in [-0.25, -0.2) is 0 Å². The lowest BCUT2D eigenvalue weighted by Gasteiger charge is -2.37. The second-order valence-electron chi connectivity index (χ2n) is 5.13. The zero-order valence-electron chi connectivity index (χ0n) is 13.1. The Morgan fingerprint density at radius 3 is 2.18 bits per heavy atom. The molecule has 0 spiro atoms. The van der Waals surface area contributed by atoms with Crippen LogP contribution in [0.2, 0.25) is 0 Å². The maximum absolute atomic E-state index is 10.7. The molecule has 0 aromatic heterocycles. The first-order valence-electron chi connectivity index (χ1n) is 7.25. The van der Waals surface area contributed by atoms with Gasteiger partial charge < -0.3 is 23.7 Å². The van der Waals surface area contributed by atoms with E-state index in [1.165, 1.54) is 7.11 Å². The van der Waals surface area contributed by atoms with Gasteiger partial charge in [0.2, 0.25) is 0 Å². The summed E-state index contributed by atoms with van der Waals surface area (Å²) in [5.74, 6) is -0.313. The molecule has 3 unspecified atom stereocenters. The molecule has 8 nitrogen and oxygen atoms in total. The highest BCUT2D eigenvalue weighted by Gasteiger charge is 2.35. The highest BCUT2D eigenvalue weighted by atomic mass is 32.2. The van der Waals surface area contributed by atoms with Crippen LogP contribution in [0, 0.1) is 0 Å². The molecule has 22 heavy (non-hydrogen) atoms. The van der Waals surface area contributed by atoms with Crippen molar-refractivity contribution in [3.63, 3.8) is 0 Å². The van der Waals surface area contributed by atoms with Crippen molar-refractivity contribution in [1.29, 1.82) is 0 Å². The van der Waals surface area contributed by atoms with Crippen LogP contribution in [-0.4, -0.2) is 71.4 Å². The second kappa shape index (κ2) is 10.5. The fourth-order valence-corrected chi connectivity index (χ4v) is 2.92. The number of rotatable bonds is 11. The van der Waals surface area contributed by atoms with E-state index in [1.54, 1.807) is 7.11 Å². The topological polar surface area (TPSA) is 101 Å². The number of methoxy groups -OCH3 is 2. The lowest BCUT2D eigenvalue weighted by molar-refractivity contribution is -0.207. The highest BCUT2D eigenvalue weighted by Crippen LogP contribution is 2.27. The van der Waals surface area contributed by atoms with Crippen LogP contribution >= 0.6 is 0 Å². The van der Waals surface area contributed by atoms with Crippen molar-refractivity contribution in [2.45, 2.75) is 44.0 Å². The van der Waals surface area contributed by atoms with Crippen LogP contribution in [-0.2, 0) is 33.8 Å². The third kappa shape index (κ3) is 7.82. The molecule has 9 heteroatoms. The van der Waals surface area contributed by atoms with Gasteiger partial charge in [-0.1, -0.05) is 0 Å². The second-order valence-corrected chi connectivity index (χ2v) is 6.70. The Morgan fingerprint density at radius 2 is 1.59 bits per heavy atom. The summed E-state index contributed by atoms with van der Waals surface area (Å²) in [5.41, 5.74) is 0. The van der Waals surface area contributed by atoms with Gasteiger partial charge in [0.25, 0.3) is 10.1 Å². The standard InChI is InChI=1S/C13H26O8S/c1-17-9-20-12-6-3-5-11(13(12)21-10-18-2)19-7-4-8-22(14,15)16/h11-13H,3-10H2,1-2H3,(H,14,15,16). The lowest BCUT2D eigenvalue weighted by Crippen LogP contribution is -2.46. The lowest BCUT2D eigenvalue weighted by atomic mass is 9.91. The SMILES string of the molecule is COCOC1CCCC(OCCCS(=O)(=O)O)C1OCOC. The van der Waals surface area contributed by atoms with Gasteiger partial charge in [0.1, 0.15) is 19.7 Å². The van der Waals surface area contributed by atoms with Gasteiger partial charge >= 0.3 is 0 Å². The van der Waals surface area contributed by atoms with E-state index in [-0.39, 0.29) is 50.7 Å². The highest BCUT2D eigenvalue weighted by molar-refractivity contribution is 7.85. The molecular weight excluding hydrogens is 316 g/mol. The minimum Gasteiger partial charge on any atom is -0.375 e. The molecular formula is C13H26O8S. The molecule has 1 aliphatic rings. The number of hydrogen-bond donors (Lipinski definition) is 1. The quantitative estimate of drug-likeness (QED) is 0.334. The molecule has 132 valence electrons. The Balaban J connectivity index is 2.48. The van der Waals surface area contributed by atoms with E-state index in [1.807, 2.05) is 0 Å². The van der Waals surface area contributed by atoms with Gasteiger partial charge in [0.15, 0.2) is 0 Å². The molecule has 1 fully saturated rings. The molecule has 0 aromatic carbocycles. The summed E-state index contributed by atoms with van der Waals surface area (Å²) in [6.45, 7) is 0.531. The van der Waals surface area contributed by atoms with E-state index in [2.05, 4.69) is 0 Å². The predicted molar refractivity (Wildman–Crippen MR) is 78.1 cm³/mol. The van der Waals surface area contributed by atoms with Gasteiger partial charge in [-0.15, -0.1) is 0 Å². The summed E-state index contributed by atoms with van der Waals surface area (Å²) < 4.78 is 56.9. The van der Waals surface area contributed by atoms with Crippen molar-refractivity contribution >= 4 is 10.1 Å². The molecule has 0 heterocycles. The van der Waals surface area contributed by atoms with E-state index in [9.17, 15) is 8.42 Å². The molecule has 0 radical (unpaired) electrons. The Morgan fingerprint density at radius 1 is 1.00 bits per heavy atom. The van der Waals surface area contributed by atoms with Gasteiger partial charge in [-0.05, 0) is 25.7 Å². The van der Waals surface area contributed by atoms with E-state index >= 15 is 0 Å². The Hall–Kier alpha value is -0.290. The van der Waals surface area contributed by atoms with Crippen molar-refractivity contribution in [3.05, 3.63) is 0 Å². The summed E-state index contributed by atoms with van der Waals surface area (Å²) in [6.07, 6.45) is 2.13. The maximum Gasteiger partial charge on any atom is 0.264 e. The molecule has 0 bridgehead atoms. The first-order chi connectivity index (χ1) is 10.5. The van der Waals surface area contributed by atoms with Crippen LogP contribution in [0.15, 0.2) is 0 Å². The normalized spacial score (nSPS) is 26.2. The van der Waals surface area contributed by atoms with E-state index in [0.717, 1.165) is 19.3 Å². The Kier molecular flexibility index (Phi) is 9.41. The first-order valence-corrected chi connectivity index (χ1v) is 8.86. The summed E-state index contributed by atoms with van der Waals surface area (Å²) >= 11 is 0. The van der Waals surface area contributed by atoms with Crippen LogP contribution in [0.25, 0.3) is 0 Å². The van der Waals surface area contributed by atoms with E-state index in [4.69, 9.17) is 28.2 Å². The molecule has 3 atom stereocenters. The fourth-order valence-electron chi connectivity index (χ4n) is 2.44. The zero-order valence-corrected chi connectivity index (χ0v) is 13.9. The van der Waals surface area contributed by atoms with E-state index in [0.29, 0.717) is 0 Å².